The summed E-state index contributed by atoms with van der Waals surface area (Å²) in [4.78, 5) is 35.8. The topological polar surface area (TPSA) is 94.9 Å². The van der Waals surface area contributed by atoms with Crippen LogP contribution in [0, 0.1) is 5.92 Å². The molecule has 1 heterocycles. The minimum Gasteiger partial charge on any atom is -0.481 e. The van der Waals surface area contributed by atoms with E-state index in [9.17, 15) is 19.5 Å². The van der Waals surface area contributed by atoms with Crippen molar-refractivity contribution in [3.05, 3.63) is 35.9 Å². The molecule has 0 aliphatic carbocycles. The number of hydrogen-bond acceptors (Lipinski definition) is 3. The molecule has 0 spiro atoms. The highest BCUT2D eigenvalue weighted by Crippen LogP contribution is 2.24. The Labute approximate surface area is 115 Å². The fraction of sp³-hybridized carbons (Fsp3) is 0.357. The van der Waals surface area contributed by atoms with Crippen molar-refractivity contribution < 1.29 is 24.6 Å². The molecule has 6 heteroatoms. The summed E-state index contributed by atoms with van der Waals surface area (Å²) < 4.78 is 0. The zero-order valence-corrected chi connectivity index (χ0v) is 10.7. The van der Waals surface area contributed by atoms with Gasteiger partial charge in [0, 0.05) is 12.1 Å². The molecule has 20 heavy (non-hydrogen) atoms. The number of aliphatic carboxylic acids is 2. The van der Waals surface area contributed by atoms with Gasteiger partial charge in [0.05, 0.1) is 5.92 Å². The van der Waals surface area contributed by atoms with Crippen LogP contribution in [0.15, 0.2) is 30.3 Å². The molecule has 0 aromatic heterocycles. The number of rotatable bonds is 3. The number of carbonyl (C=O) groups excluding carboxylic acids is 1. The number of carboxylic acids is 2. The number of nitrogens with zero attached hydrogens (tertiary/aromatic N) is 1. The summed E-state index contributed by atoms with van der Waals surface area (Å²) in [5.74, 6) is -3.25. The zero-order valence-electron chi connectivity index (χ0n) is 10.7. The lowest BCUT2D eigenvalue weighted by Gasteiger charge is -2.36. The number of likely N-dealkylation sites (tertiary alicyclic amines) is 1. The van der Waals surface area contributed by atoms with Crippen LogP contribution in [0.5, 0.6) is 0 Å². The molecule has 2 N–H and O–H groups in total. The molecule has 1 saturated heterocycles. The summed E-state index contributed by atoms with van der Waals surface area (Å²) in [5, 5.41) is 18.2. The highest BCUT2D eigenvalue weighted by Gasteiger charge is 2.38. The van der Waals surface area contributed by atoms with E-state index >= 15 is 0 Å². The smallest absolute Gasteiger partial charge is 0.326 e. The van der Waals surface area contributed by atoms with Crippen LogP contribution in [0.25, 0.3) is 0 Å². The molecule has 1 aliphatic heterocycles. The van der Waals surface area contributed by atoms with Crippen molar-refractivity contribution in [1.29, 1.82) is 0 Å². The highest BCUT2D eigenvalue weighted by atomic mass is 16.4. The molecule has 1 amide bonds. The molecule has 0 unspecified atom stereocenters. The largest absolute Gasteiger partial charge is 0.481 e. The van der Waals surface area contributed by atoms with Crippen LogP contribution in [0.2, 0.25) is 0 Å². The van der Waals surface area contributed by atoms with Crippen LogP contribution in [0.1, 0.15) is 23.2 Å². The Morgan fingerprint density at radius 2 is 1.65 bits per heavy atom. The number of carbonyl (C=O) groups is 3. The lowest BCUT2D eigenvalue weighted by Crippen LogP contribution is -2.52. The molecule has 1 aliphatic rings. The summed E-state index contributed by atoms with van der Waals surface area (Å²) in [6.07, 6.45) is 0.426. The monoisotopic (exact) mass is 277 g/mol. The molecular weight excluding hydrogens is 262 g/mol. The van der Waals surface area contributed by atoms with Crippen molar-refractivity contribution in [3.8, 4) is 0 Å². The van der Waals surface area contributed by atoms with Crippen LogP contribution < -0.4 is 0 Å². The second-order valence-electron chi connectivity index (χ2n) is 4.79. The first kappa shape index (κ1) is 14.0. The average Bonchev–Trinajstić information content (AvgIpc) is 2.46. The number of hydrogen-bond donors (Lipinski definition) is 2. The van der Waals surface area contributed by atoms with Crippen LogP contribution >= 0.6 is 0 Å². The molecule has 106 valence electrons. The molecule has 1 aromatic carbocycles. The minimum atomic E-state index is -1.10. The third-order valence-electron chi connectivity index (χ3n) is 3.50. The molecule has 1 aromatic rings. The van der Waals surface area contributed by atoms with Gasteiger partial charge in [0.2, 0.25) is 0 Å². The molecular formula is C14H15NO5. The van der Waals surface area contributed by atoms with E-state index in [1.54, 1.807) is 30.3 Å². The van der Waals surface area contributed by atoms with Gasteiger partial charge in [0.15, 0.2) is 0 Å². The third-order valence-corrected chi connectivity index (χ3v) is 3.50. The number of piperidine rings is 1. The lowest BCUT2D eigenvalue weighted by atomic mass is 9.92. The van der Waals surface area contributed by atoms with Gasteiger partial charge in [-0.2, -0.15) is 0 Å². The maximum atomic E-state index is 12.4. The predicted octanol–water partition coefficient (Wildman–Crippen LogP) is 1.08. The van der Waals surface area contributed by atoms with Crippen LogP contribution in [-0.4, -0.2) is 45.5 Å². The van der Waals surface area contributed by atoms with Crippen molar-refractivity contribution in [2.45, 2.75) is 18.9 Å². The minimum absolute atomic E-state index is 0.0694. The molecule has 6 nitrogen and oxygen atoms in total. The van der Waals surface area contributed by atoms with E-state index in [0.29, 0.717) is 5.56 Å². The first-order chi connectivity index (χ1) is 9.50. The van der Waals surface area contributed by atoms with Crippen molar-refractivity contribution in [2.75, 3.05) is 6.54 Å². The van der Waals surface area contributed by atoms with Gasteiger partial charge in [0.25, 0.3) is 5.91 Å². The van der Waals surface area contributed by atoms with E-state index in [4.69, 9.17) is 5.11 Å². The second kappa shape index (κ2) is 5.73. The van der Waals surface area contributed by atoms with E-state index in [1.807, 2.05) is 0 Å². The van der Waals surface area contributed by atoms with Gasteiger partial charge in [-0.1, -0.05) is 18.2 Å². The molecule has 0 saturated carbocycles. The normalized spacial score (nSPS) is 22.3. The predicted molar refractivity (Wildman–Crippen MR) is 69.3 cm³/mol. The molecule has 1 fully saturated rings. The maximum absolute atomic E-state index is 12.4. The highest BCUT2D eigenvalue weighted by molar-refractivity contribution is 5.97. The Morgan fingerprint density at radius 3 is 2.20 bits per heavy atom. The molecule has 0 bridgehead atoms. The standard InChI is InChI=1S/C14H15NO5/c16-12(9-4-2-1-3-5-9)15-8-10(13(17)18)6-7-11(15)14(19)20/h1-5,10-11H,6-8H2,(H,17,18)(H,19,20)/t10-,11-/m0/s1. The number of benzene rings is 1. The van der Waals surface area contributed by atoms with Gasteiger partial charge in [0.1, 0.15) is 6.04 Å². The van der Waals surface area contributed by atoms with E-state index in [2.05, 4.69) is 0 Å². The second-order valence-corrected chi connectivity index (χ2v) is 4.79. The summed E-state index contributed by atoms with van der Waals surface area (Å²) in [7, 11) is 0. The van der Waals surface area contributed by atoms with Crippen LogP contribution in [0.4, 0.5) is 0 Å². The Balaban J connectivity index is 2.25. The SMILES string of the molecule is O=C(O)[C@H]1CC[C@@H](C(=O)O)N(C(=O)c2ccccc2)C1. The maximum Gasteiger partial charge on any atom is 0.326 e. The lowest BCUT2D eigenvalue weighted by molar-refractivity contribution is -0.150. The van der Waals surface area contributed by atoms with Crippen molar-refractivity contribution in [3.63, 3.8) is 0 Å². The summed E-state index contributed by atoms with van der Waals surface area (Å²) >= 11 is 0. The summed E-state index contributed by atoms with van der Waals surface area (Å²) in [6, 6.07) is 7.33. The van der Waals surface area contributed by atoms with E-state index < -0.39 is 29.8 Å². The van der Waals surface area contributed by atoms with Crippen LogP contribution in [-0.2, 0) is 9.59 Å². The average molecular weight is 277 g/mol. The van der Waals surface area contributed by atoms with Gasteiger partial charge in [-0.3, -0.25) is 9.59 Å². The molecule has 2 atom stereocenters. The molecule has 0 radical (unpaired) electrons. The summed E-state index contributed by atoms with van der Waals surface area (Å²) in [6.45, 7) is -0.0694. The van der Waals surface area contributed by atoms with E-state index in [1.165, 1.54) is 0 Å². The van der Waals surface area contributed by atoms with Gasteiger partial charge < -0.3 is 15.1 Å². The Bertz CT molecular complexity index is 528. The van der Waals surface area contributed by atoms with E-state index in [-0.39, 0.29) is 19.4 Å². The van der Waals surface area contributed by atoms with Crippen LogP contribution in [0.3, 0.4) is 0 Å². The number of amides is 1. The first-order valence-electron chi connectivity index (χ1n) is 6.32. The zero-order chi connectivity index (χ0) is 14.7. The van der Waals surface area contributed by atoms with Gasteiger partial charge >= 0.3 is 11.9 Å². The first-order valence-corrected chi connectivity index (χ1v) is 6.32. The Kier molecular flexibility index (Phi) is 4.02. The summed E-state index contributed by atoms with van der Waals surface area (Å²) in [5.41, 5.74) is 0.366. The van der Waals surface area contributed by atoms with Crippen molar-refractivity contribution in [1.82, 2.24) is 4.90 Å². The Morgan fingerprint density at radius 1 is 1.00 bits per heavy atom. The van der Waals surface area contributed by atoms with Gasteiger partial charge in [-0.25, -0.2) is 4.79 Å². The van der Waals surface area contributed by atoms with E-state index in [0.717, 1.165) is 4.90 Å². The quantitative estimate of drug-likeness (QED) is 0.862. The fourth-order valence-electron chi connectivity index (χ4n) is 2.40. The van der Waals surface area contributed by atoms with Gasteiger partial charge in [-0.15, -0.1) is 0 Å². The van der Waals surface area contributed by atoms with Crippen molar-refractivity contribution in [2.24, 2.45) is 5.92 Å². The molecule has 2 rings (SSSR count). The van der Waals surface area contributed by atoms with Crippen molar-refractivity contribution >= 4 is 17.8 Å². The fourth-order valence-corrected chi connectivity index (χ4v) is 2.40. The third kappa shape index (κ3) is 2.79. The van der Waals surface area contributed by atoms with Gasteiger partial charge in [-0.05, 0) is 25.0 Å². The number of carboxylic acid groups (broad SMARTS) is 2. The Hall–Kier alpha value is -2.37.